The average Bonchev–Trinajstić information content (AvgIpc) is 3.30. The van der Waals surface area contributed by atoms with Gasteiger partial charge >= 0.3 is 13.2 Å². The van der Waals surface area contributed by atoms with Gasteiger partial charge in [0.1, 0.15) is 17.2 Å². The molecular formula is C29H35F4N3O3. The first-order valence-corrected chi connectivity index (χ1v) is 13.2. The van der Waals surface area contributed by atoms with Gasteiger partial charge in [-0.2, -0.15) is 17.6 Å². The zero-order chi connectivity index (χ0) is 28.2. The predicted molar refractivity (Wildman–Crippen MR) is 142 cm³/mol. The minimum absolute atomic E-state index is 0.0429. The fourth-order valence-corrected chi connectivity index (χ4v) is 5.43. The van der Waals surface area contributed by atoms with Crippen LogP contribution in [0.1, 0.15) is 49.7 Å². The molecule has 1 saturated heterocycles. The van der Waals surface area contributed by atoms with E-state index in [9.17, 15) is 22.4 Å². The van der Waals surface area contributed by atoms with Crippen molar-refractivity contribution >= 4 is 16.8 Å². The van der Waals surface area contributed by atoms with Crippen LogP contribution >= 0.6 is 0 Å². The maximum atomic E-state index is 13.4. The first-order valence-electron chi connectivity index (χ1n) is 13.2. The minimum atomic E-state index is -2.91. The molecule has 1 unspecified atom stereocenters. The molecule has 0 saturated carbocycles. The topological polar surface area (TPSA) is 57.8 Å². The highest BCUT2D eigenvalue weighted by Gasteiger charge is 2.30. The van der Waals surface area contributed by atoms with Crippen LogP contribution in [-0.4, -0.2) is 66.6 Å². The van der Waals surface area contributed by atoms with Gasteiger partial charge < -0.3 is 24.3 Å². The van der Waals surface area contributed by atoms with E-state index in [2.05, 4.69) is 33.2 Å². The van der Waals surface area contributed by atoms with Crippen molar-refractivity contribution in [2.75, 3.05) is 32.7 Å². The predicted octanol–water partition coefficient (Wildman–Crippen LogP) is 6.52. The lowest BCUT2D eigenvalue weighted by molar-refractivity contribution is -0.0505. The maximum Gasteiger partial charge on any atom is 0.387 e. The monoisotopic (exact) mass is 549 g/mol. The highest BCUT2D eigenvalue weighted by atomic mass is 19.3. The molecule has 212 valence electrons. The lowest BCUT2D eigenvalue weighted by Gasteiger charge is -2.39. The molecule has 3 aromatic rings. The van der Waals surface area contributed by atoms with E-state index >= 15 is 0 Å². The highest BCUT2D eigenvalue weighted by Crippen LogP contribution is 2.30. The van der Waals surface area contributed by atoms with E-state index in [4.69, 9.17) is 0 Å². The minimum Gasteiger partial charge on any atom is -0.435 e. The van der Waals surface area contributed by atoms with Crippen LogP contribution in [0.5, 0.6) is 11.5 Å². The van der Waals surface area contributed by atoms with Gasteiger partial charge in [0.15, 0.2) is 0 Å². The second-order valence-electron chi connectivity index (χ2n) is 10.7. The number of aromatic amines is 1. The maximum absolute atomic E-state index is 13.4. The summed E-state index contributed by atoms with van der Waals surface area (Å²) >= 11 is 0. The number of aromatic nitrogens is 1. The van der Waals surface area contributed by atoms with Gasteiger partial charge in [0.05, 0.1) is 0 Å². The number of carbonyl (C=O) groups excluding carboxylic acids is 1. The molecule has 2 heterocycles. The number of hydrogen-bond acceptors (Lipinski definition) is 4. The summed E-state index contributed by atoms with van der Waals surface area (Å²) in [5.41, 5.74) is 1.71. The van der Waals surface area contributed by atoms with Crippen LogP contribution in [0.3, 0.4) is 0 Å². The van der Waals surface area contributed by atoms with Gasteiger partial charge in [0.25, 0.3) is 5.91 Å². The third-order valence-corrected chi connectivity index (χ3v) is 7.26. The van der Waals surface area contributed by atoms with Gasteiger partial charge in [0, 0.05) is 42.5 Å². The summed E-state index contributed by atoms with van der Waals surface area (Å²) in [6, 6.07) is 13.1. The molecule has 10 heteroatoms. The fraction of sp³-hybridized carbons (Fsp3) is 0.483. The van der Waals surface area contributed by atoms with Crippen LogP contribution < -0.4 is 9.47 Å². The number of amides is 1. The Kier molecular flexibility index (Phi) is 9.04. The molecule has 39 heavy (non-hydrogen) atoms. The Labute approximate surface area is 225 Å². The molecule has 1 fully saturated rings. The molecule has 1 aliphatic heterocycles. The van der Waals surface area contributed by atoms with Crippen molar-refractivity contribution in [3.63, 3.8) is 0 Å². The number of nitrogens with zero attached hydrogens (tertiary/aromatic N) is 2. The third-order valence-electron chi connectivity index (χ3n) is 7.26. The number of benzene rings is 2. The second-order valence-corrected chi connectivity index (χ2v) is 10.7. The molecule has 1 amide bonds. The number of ether oxygens (including phenoxy) is 2. The normalized spacial score (nSPS) is 16.7. The number of carbonyl (C=O) groups is 1. The molecule has 1 aromatic heterocycles. The number of hydrogen-bond donors (Lipinski definition) is 1. The number of alkyl halides is 4. The van der Waals surface area contributed by atoms with Crippen LogP contribution in [0.25, 0.3) is 10.9 Å². The van der Waals surface area contributed by atoms with E-state index in [0.29, 0.717) is 29.7 Å². The molecule has 0 aliphatic carbocycles. The Balaban J connectivity index is 1.39. The molecule has 0 radical (unpaired) electrons. The largest absolute Gasteiger partial charge is 0.435 e. The Bertz CT molecular complexity index is 1260. The molecule has 2 aromatic carbocycles. The van der Waals surface area contributed by atoms with Crippen molar-refractivity contribution in [2.24, 2.45) is 5.92 Å². The number of likely N-dealkylation sites (tertiary alicyclic amines) is 1. The van der Waals surface area contributed by atoms with E-state index in [-0.39, 0.29) is 28.7 Å². The number of H-pyrrole nitrogens is 1. The van der Waals surface area contributed by atoms with Crippen molar-refractivity contribution in [1.82, 2.24) is 14.8 Å². The first kappa shape index (κ1) is 28.7. The Hall–Kier alpha value is -3.27. The lowest BCUT2D eigenvalue weighted by Crippen LogP contribution is -2.46. The van der Waals surface area contributed by atoms with Crippen LogP contribution in [0.15, 0.2) is 48.5 Å². The SMILES string of the molecule is CCN(CC1CCCN(CC(C)(C)c2cccc(OC(F)F)c2)C1)C(=O)c1cc2cc(OC(F)F)ccc2[nH]1. The van der Waals surface area contributed by atoms with Crippen LogP contribution in [0, 0.1) is 5.92 Å². The molecular weight excluding hydrogens is 514 g/mol. The lowest BCUT2D eigenvalue weighted by atomic mass is 9.83. The first-order chi connectivity index (χ1) is 18.5. The third kappa shape index (κ3) is 7.44. The number of fused-ring (bicyclic) bond motifs is 1. The number of halogens is 4. The van der Waals surface area contributed by atoms with Gasteiger partial charge in [-0.3, -0.25) is 4.79 Å². The average molecular weight is 550 g/mol. The van der Waals surface area contributed by atoms with Gasteiger partial charge in [-0.25, -0.2) is 0 Å². The molecule has 6 nitrogen and oxygen atoms in total. The van der Waals surface area contributed by atoms with Crippen molar-refractivity contribution in [3.8, 4) is 11.5 Å². The smallest absolute Gasteiger partial charge is 0.387 e. The summed E-state index contributed by atoms with van der Waals surface area (Å²) in [4.78, 5) is 20.6. The number of nitrogens with one attached hydrogen (secondary N) is 1. The Morgan fingerprint density at radius 2 is 1.79 bits per heavy atom. The highest BCUT2D eigenvalue weighted by molar-refractivity contribution is 5.98. The summed E-state index contributed by atoms with van der Waals surface area (Å²) in [5, 5.41) is 0.627. The van der Waals surface area contributed by atoms with Crippen molar-refractivity contribution in [1.29, 1.82) is 0 Å². The van der Waals surface area contributed by atoms with E-state index in [1.165, 1.54) is 18.2 Å². The second kappa shape index (κ2) is 12.3. The van der Waals surface area contributed by atoms with Crippen LogP contribution in [-0.2, 0) is 5.41 Å². The molecule has 4 rings (SSSR count). The van der Waals surface area contributed by atoms with Crippen LogP contribution in [0.4, 0.5) is 17.6 Å². The molecule has 1 N–H and O–H groups in total. The van der Waals surface area contributed by atoms with E-state index in [0.717, 1.165) is 38.0 Å². The van der Waals surface area contributed by atoms with Gasteiger partial charge in [0.2, 0.25) is 0 Å². The van der Waals surface area contributed by atoms with Gasteiger partial charge in [-0.05, 0) is 74.2 Å². The Morgan fingerprint density at radius 1 is 1.08 bits per heavy atom. The Morgan fingerprint density at radius 3 is 2.49 bits per heavy atom. The molecule has 1 aliphatic rings. The number of piperidine rings is 1. The van der Waals surface area contributed by atoms with Crippen molar-refractivity contribution in [3.05, 3.63) is 59.8 Å². The summed E-state index contributed by atoms with van der Waals surface area (Å²) in [6.45, 7) is 3.97. The summed E-state index contributed by atoms with van der Waals surface area (Å²) < 4.78 is 59.6. The van der Waals surface area contributed by atoms with E-state index < -0.39 is 13.2 Å². The van der Waals surface area contributed by atoms with E-state index in [1.807, 2.05) is 17.9 Å². The molecule has 0 spiro atoms. The quantitative estimate of drug-likeness (QED) is 0.277. The van der Waals surface area contributed by atoms with Crippen molar-refractivity contribution in [2.45, 2.75) is 52.3 Å². The summed E-state index contributed by atoms with van der Waals surface area (Å²) in [5.74, 6) is 0.334. The fourth-order valence-electron chi connectivity index (χ4n) is 5.43. The van der Waals surface area contributed by atoms with Crippen LogP contribution in [0.2, 0.25) is 0 Å². The number of rotatable bonds is 11. The van der Waals surface area contributed by atoms with Gasteiger partial charge in [-0.15, -0.1) is 0 Å². The zero-order valence-corrected chi connectivity index (χ0v) is 22.4. The summed E-state index contributed by atoms with van der Waals surface area (Å²) in [7, 11) is 0. The van der Waals surface area contributed by atoms with Crippen molar-refractivity contribution < 1.29 is 31.8 Å². The standard InChI is InChI=1S/C29H35F4N3O3/c1-4-36(26(37)25-14-20-13-23(39-28(32)33)10-11-24(20)34-25)17-19-7-6-12-35(16-19)18-29(2,3)21-8-5-9-22(15-21)38-27(30)31/h5,8-11,13-15,19,27-28,34H,4,6-7,12,16-18H2,1-3H3. The zero-order valence-electron chi connectivity index (χ0n) is 22.4. The molecule has 1 atom stereocenters. The van der Waals surface area contributed by atoms with E-state index in [1.54, 1.807) is 24.3 Å². The van der Waals surface area contributed by atoms with Gasteiger partial charge in [-0.1, -0.05) is 26.0 Å². The molecule has 0 bridgehead atoms. The summed E-state index contributed by atoms with van der Waals surface area (Å²) in [6.07, 6.45) is 2.00.